The van der Waals surface area contributed by atoms with Crippen molar-refractivity contribution in [3.05, 3.63) is 59.2 Å². The number of benzene rings is 2. The number of amidine groups is 1. The molecule has 6 heteroatoms. The number of nitrogens with zero attached hydrogens (tertiary/aromatic N) is 2. The van der Waals surface area contributed by atoms with E-state index in [1.54, 1.807) is 4.90 Å². The lowest BCUT2D eigenvalue weighted by Gasteiger charge is -2.18. The molecule has 2 aromatic rings. The molecule has 1 saturated heterocycles. The lowest BCUT2D eigenvalue weighted by molar-refractivity contribution is -0.128. The van der Waals surface area contributed by atoms with Crippen LogP contribution in [0.2, 0.25) is 0 Å². The molecule has 2 amide bonds. The largest absolute Gasteiger partial charge is 0.326 e. The number of carbonyl (C=O) groups is 2. The van der Waals surface area contributed by atoms with Gasteiger partial charge in [-0.05, 0) is 61.1 Å². The smallest absolute Gasteiger partial charge is 0.242 e. The Morgan fingerprint density at radius 1 is 1.16 bits per heavy atom. The Kier molecular flexibility index (Phi) is 7.55. The van der Waals surface area contributed by atoms with Gasteiger partial charge in [0.15, 0.2) is 5.17 Å². The molecule has 0 aliphatic carbocycles. The molecule has 0 spiro atoms. The van der Waals surface area contributed by atoms with Crippen LogP contribution >= 0.6 is 11.8 Å². The summed E-state index contributed by atoms with van der Waals surface area (Å²) in [6.07, 6.45) is 1.10. The third-order valence-corrected chi connectivity index (χ3v) is 6.35. The Bertz CT molecular complexity index is 983. The van der Waals surface area contributed by atoms with Crippen LogP contribution < -0.4 is 5.32 Å². The van der Waals surface area contributed by atoms with Crippen LogP contribution in [0.5, 0.6) is 0 Å². The van der Waals surface area contributed by atoms with E-state index in [0.29, 0.717) is 17.6 Å². The first-order valence-electron chi connectivity index (χ1n) is 10.8. The second-order valence-electron chi connectivity index (χ2n) is 8.43. The standard InChI is InChI=1S/C25H31N3O2S/c1-6-19-9-11-20(12-10-19)26-25-28(15-16(2)3)24(30)22(31-25)14-23(29)27-21-13-17(4)7-8-18(21)5/h7-13,16,22H,6,14-15H2,1-5H3,(H,27,29). The van der Waals surface area contributed by atoms with E-state index in [0.717, 1.165) is 28.9 Å². The Balaban J connectivity index is 1.76. The normalized spacial score (nSPS) is 17.6. The summed E-state index contributed by atoms with van der Waals surface area (Å²) in [6, 6.07) is 14.0. The van der Waals surface area contributed by atoms with Crippen LogP contribution in [-0.2, 0) is 16.0 Å². The number of rotatable bonds is 7. The van der Waals surface area contributed by atoms with Crippen molar-refractivity contribution in [1.29, 1.82) is 0 Å². The van der Waals surface area contributed by atoms with E-state index in [1.165, 1.54) is 17.3 Å². The van der Waals surface area contributed by atoms with Gasteiger partial charge in [0.25, 0.3) is 0 Å². The Morgan fingerprint density at radius 2 is 1.87 bits per heavy atom. The summed E-state index contributed by atoms with van der Waals surface area (Å²) in [6.45, 7) is 10.8. The van der Waals surface area contributed by atoms with Crippen LogP contribution in [0, 0.1) is 19.8 Å². The van der Waals surface area contributed by atoms with E-state index in [2.05, 4.69) is 38.2 Å². The third kappa shape index (κ3) is 5.97. The molecule has 0 radical (unpaired) electrons. The zero-order chi connectivity index (χ0) is 22.5. The van der Waals surface area contributed by atoms with Gasteiger partial charge in [-0.1, -0.05) is 56.8 Å². The van der Waals surface area contributed by atoms with E-state index in [1.807, 2.05) is 44.2 Å². The van der Waals surface area contributed by atoms with Gasteiger partial charge in [0.05, 0.1) is 5.69 Å². The van der Waals surface area contributed by atoms with Crippen molar-refractivity contribution in [3.63, 3.8) is 0 Å². The second kappa shape index (κ2) is 10.1. The molecule has 1 unspecified atom stereocenters. The first-order valence-corrected chi connectivity index (χ1v) is 11.7. The predicted octanol–water partition coefficient (Wildman–Crippen LogP) is 5.48. The molecular weight excluding hydrogens is 406 g/mol. The highest BCUT2D eigenvalue weighted by Gasteiger charge is 2.39. The van der Waals surface area contributed by atoms with E-state index in [-0.39, 0.29) is 18.2 Å². The lowest BCUT2D eigenvalue weighted by atomic mass is 10.1. The zero-order valence-corrected chi connectivity index (χ0v) is 19.8. The highest BCUT2D eigenvalue weighted by molar-refractivity contribution is 8.15. The van der Waals surface area contributed by atoms with Crippen LogP contribution in [0.4, 0.5) is 11.4 Å². The number of aliphatic imine (C=N–C) groups is 1. The summed E-state index contributed by atoms with van der Waals surface area (Å²) >= 11 is 1.39. The van der Waals surface area contributed by atoms with Crippen molar-refractivity contribution in [2.24, 2.45) is 10.9 Å². The molecule has 0 bridgehead atoms. The highest BCUT2D eigenvalue weighted by atomic mass is 32.2. The van der Waals surface area contributed by atoms with Gasteiger partial charge in [0, 0.05) is 18.7 Å². The minimum atomic E-state index is -0.461. The van der Waals surface area contributed by atoms with Gasteiger partial charge in [-0.3, -0.25) is 14.5 Å². The molecule has 164 valence electrons. The molecule has 1 aliphatic rings. The van der Waals surface area contributed by atoms with Crippen molar-refractivity contribution in [2.45, 2.75) is 52.7 Å². The summed E-state index contributed by atoms with van der Waals surface area (Å²) in [5.41, 5.74) is 4.95. The summed E-state index contributed by atoms with van der Waals surface area (Å²) < 4.78 is 0. The summed E-state index contributed by atoms with van der Waals surface area (Å²) in [7, 11) is 0. The average Bonchev–Trinajstić information content (AvgIpc) is 2.99. The molecular formula is C25H31N3O2S. The third-order valence-electron chi connectivity index (χ3n) is 5.18. The predicted molar refractivity (Wildman–Crippen MR) is 130 cm³/mol. The number of carbonyl (C=O) groups excluding carboxylic acids is 2. The van der Waals surface area contributed by atoms with Crippen molar-refractivity contribution in [1.82, 2.24) is 4.90 Å². The first-order chi connectivity index (χ1) is 14.8. The summed E-state index contributed by atoms with van der Waals surface area (Å²) in [5.74, 6) is 0.107. The van der Waals surface area contributed by atoms with Crippen molar-refractivity contribution < 1.29 is 9.59 Å². The van der Waals surface area contributed by atoms with Gasteiger partial charge in [-0.15, -0.1) is 0 Å². The molecule has 2 aromatic carbocycles. The van der Waals surface area contributed by atoms with E-state index >= 15 is 0 Å². The molecule has 1 N–H and O–H groups in total. The maximum Gasteiger partial charge on any atom is 0.242 e. The summed E-state index contributed by atoms with van der Waals surface area (Å²) in [5, 5.41) is 3.18. The topological polar surface area (TPSA) is 61.8 Å². The van der Waals surface area contributed by atoms with Gasteiger partial charge in [0.1, 0.15) is 5.25 Å². The average molecular weight is 438 g/mol. The molecule has 31 heavy (non-hydrogen) atoms. The maximum atomic E-state index is 13.1. The zero-order valence-electron chi connectivity index (χ0n) is 18.9. The van der Waals surface area contributed by atoms with E-state index in [9.17, 15) is 9.59 Å². The lowest BCUT2D eigenvalue weighted by Crippen LogP contribution is -2.36. The molecule has 1 aliphatic heterocycles. The number of aryl methyl sites for hydroxylation is 3. The Labute approximate surface area is 189 Å². The fourth-order valence-electron chi connectivity index (χ4n) is 3.42. The van der Waals surface area contributed by atoms with Gasteiger partial charge in [-0.25, -0.2) is 4.99 Å². The maximum absolute atomic E-state index is 13.1. The van der Waals surface area contributed by atoms with Crippen molar-refractivity contribution in [2.75, 3.05) is 11.9 Å². The minimum absolute atomic E-state index is 0.0428. The Morgan fingerprint density at radius 3 is 2.52 bits per heavy atom. The molecule has 3 rings (SSSR count). The molecule has 0 saturated carbocycles. The van der Waals surface area contributed by atoms with Crippen LogP contribution in [-0.4, -0.2) is 33.7 Å². The fraction of sp³-hybridized carbons (Fsp3) is 0.400. The van der Waals surface area contributed by atoms with E-state index in [4.69, 9.17) is 4.99 Å². The molecule has 1 fully saturated rings. The molecule has 1 atom stereocenters. The number of thioether (sulfide) groups is 1. The number of hydrogen-bond acceptors (Lipinski definition) is 4. The molecule has 1 heterocycles. The van der Waals surface area contributed by atoms with Crippen molar-refractivity contribution in [3.8, 4) is 0 Å². The molecule has 5 nitrogen and oxygen atoms in total. The van der Waals surface area contributed by atoms with Crippen LogP contribution in [0.15, 0.2) is 47.5 Å². The highest BCUT2D eigenvalue weighted by Crippen LogP contribution is 2.32. The van der Waals surface area contributed by atoms with Gasteiger partial charge >= 0.3 is 0 Å². The van der Waals surface area contributed by atoms with Gasteiger partial charge in [0.2, 0.25) is 11.8 Å². The SMILES string of the molecule is CCc1ccc(N=C2SC(CC(=O)Nc3cc(C)ccc3C)C(=O)N2CC(C)C)cc1. The number of anilines is 1. The van der Waals surface area contributed by atoms with Crippen LogP contribution in [0.1, 0.15) is 43.9 Å². The number of amides is 2. The molecule has 0 aromatic heterocycles. The number of hydrogen-bond donors (Lipinski definition) is 1. The van der Waals surface area contributed by atoms with Crippen LogP contribution in [0.3, 0.4) is 0 Å². The van der Waals surface area contributed by atoms with Gasteiger partial charge < -0.3 is 5.32 Å². The second-order valence-corrected chi connectivity index (χ2v) is 9.60. The van der Waals surface area contributed by atoms with Crippen molar-refractivity contribution >= 4 is 40.1 Å². The quantitative estimate of drug-likeness (QED) is 0.624. The minimum Gasteiger partial charge on any atom is -0.326 e. The fourth-order valence-corrected chi connectivity index (χ4v) is 4.58. The van der Waals surface area contributed by atoms with E-state index < -0.39 is 5.25 Å². The van der Waals surface area contributed by atoms with Gasteiger partial charge in [-0.2, -0.15) is 0 Å². The summed E-state index contributed by atoms with van der Waals surface area (Å²) in [4.78, 5) is 32.3. The first kappa shape index (κ1) is 23.1. The van der Waals surface area contributed by atoms with Crippen LogP contribution in [0.25, 0.3) is 0 Å². The Hall–Kier alpha value is -2.60. The number of nitrogens with one attached hydrogen (secondary N) is 1. The monoisotopic (exact) mass is 437 g/mol.